The fourth-order valence-electron chi connectivity index (χ4n) is 2.69. The maximum Gasteiger partial charge on any atom is 0.325 e. The number of esters is 1. The smallest absolute Gasteiger partial charge is 0.325 e. The molecule has 1 fully saturated rings. The predicted octanol–water partition coefficient (Wildman–Crippen LogP) is 2.68. The van der Waals surface area contributed by atoms with Crippen LogP contribution in [0.3, 0.4) is 0 Å². The third kappa shape index (κ3) is 3.35. The summed E-state index contributed by atoms with van der Waals surface area (Å²) in [5, 5.41) is 5.87. The Bertz CT molecular complexity index is 676. The van der Waals surface area contributed by atoms with Crippen LogP contribution in [0.1, 0.15) is 29.6 Å². The number of ether oxygens (including phenoxy) is 1. The van der Waals surface area contributed by atoms with Gasteiger partial charge in [0.15, 0.2) is 5.11 Å². The Hall–Kier alpha value is -1.99. The van der Waals surface area contributed by atoms with Crippen LogP contribution in [0.5, 0.6) is 0 Å². The number of carbonyl (C=O) groups excluding carboxylic acids is 1. The lowest BCUT2D eigenvalue weighted by Gasteiger charge is -2.25. The zero-order valence-corrected chi connectivity index (χ0v) is 14.3. The summed E-state index contributed by atoms with van der Waals surface area (Å²) in [4.78, 5) is 19.4. The number of thiophene rings is 1. The molecular formula is C16H17N3O2S2. The van der Waals surface area contributed by atoms with Gasteiger partial charge in [0.25, 0.3) is 0 Å². The summed E-state index contributed by atoms with van der Waals surface area (Å²) in [6.45, 7) is 2.29. The standard InChI is InChI=1S/C16H17N3O2S2/c1-2-21-13(20)10-19-15(12-7-5-9-23-12)14(18-16(19)22)11-6-3-4-8-17-11/h3-9,14-15H,2,10H2,1H3,(H,18,22)/t14-,15+/m1/s1. The van der Waals surface area contributed by atoms with Gasteiger partial charge in [-0.25, -0.2) is 0 Å². The van der Waals surface area contributed by atoms with Crippen LogP contribution >= 0.6 is 23.6 Å². The molecule has 1 N–H and O–H groups in total. The number of nitrogens with one attached hydrogen (secondary N) is 1. The van der Waals surface area contributed by atoms with Crippen molar-refractivity contribution in [2.24, 2.45) is 0 Å². The molecule has 2 aromatic rings. The van der Waals surface area contributed by atoms with E-state index in [0.717, 1.165) is 10.6 Å². The van der Waals surface area contributed by atoms with Crippen molar-refractivity contribution in [2.45, 2.75) is 19.0 Å². The van der Waals surface area contributed by atoms with Crippen molar-refractivity contribution in [1.82, 2.24) is 15.2 Å². The molecule has 0 bridgehead atoms. The molecule has 23 heavy (non-hydrogen) atoms. The van der Waals surface area contributed by atoms with Gasteiger partial charge in [-0.05, 0) is 42.7 Å². The zero-order valence-electron chi connectivity index (χ0n) is 12.6. The van der Waals surface area contributed by atoms with Crippen molar-refractivity contribution in [3.05, 3.63) is 52.5 Å². The minimum atomic E-state index is -0.278. The van der Waals surface area contributed by atoms with E-state index in [1.165, 1.54) is 0 Å². The van der Waals surface area contributed by atoms with Gasteiger partial charge in [0.05, 0.1) is 24.4 Å². The Kier molecular flexibility index (Phi) is 4.88. The minimum absolute atomic E-state index is 0.0678. The second kappa shape index (κ2) is 7.06. The second-order valence-electron chi connectivity index (χ2n) is 5.07. The van der Waals surface area contributed by atoms with Gasteiger partial charge in [0, 0.05) is 11.1 Å². The highest BCUT2D eigenvalue weighted by Gasteiger charge is 2.41. The SMILES string of the molecule is CCOC(=O)CN1C(=S)N[C@H](c2ccccn2)[C@@H]1c1cccs1. The monoisotopic (exact) mass is 347 g/mol. The molecule has 1 saturated heterocycles. The molecule has 0 spiro atoms. The van der Waals surface area contributed by atoms with Crippen molar-refractivity contribution in [1.29, 1.82) is 0 Å². The van der Waals surface area contributed by atoms with Crippen molar-refractivity contribution in [2.75, 3.05) is 13.2 Å². The van der Waals surface area contributed by atoms with E-state index in [9.17, 15) is 4.79 Å². The molecule has 3 heterocycles. The molecule has 5 nitrogen and oxygen atoms in total. The quantitative estimate of drug-likeness (QED) is 0.663. The number of nitrogens with zero attached hydrogens (tertiary/aromatic N) is 2. The maximum atomic E-state index is 11.9. The molecule has 2 aromatic heterocycles. The lowest BCUT2D eigenvalue weighted by atomic mass is 10.0. The summed E-state index contributed by atoms with van der Waals surface area (Å²) in [6, 6.07) is 9.70. The van der Waals surface area contributed by atoms with Crippen molar-refractivity contribution in [3.8, 4) is 0 Å². The molecule has 120 valence electrons. The van der Waals surface area contributed by atoms with Crippen LogP contribution in [-0.2, 0) is 9.53 Å². The van der Waals surface area contributed by atoms with Gasteiger partial charge < -0.3 is 15.0 Å². The average molecular weight is 347 g/mol. The minimum Gasteiger partial charge on any atom is -0.465 e. The Morgan fingerprint density at radius 3 is 2.96 bits per heavy atom. The number of thiocarbonyl (C=S) groups is 1. The van der Waals surface area contributed by atoms with E-state index < -0.39 is 0 Å². The average Bonchev–Trinajstić information content (AvgIpc) is 3.17. The topological polar surface area (TPSA) is 54.5 Å². The normalized spacial score (nSPS) is 20.4. The number of pyridine rings is 1. The highest BCUT2D eigenvalue weighted by atomic mass is 32.1. The molecule has 1 aliphatic rings. The van der Waals surface area contributed by atoms with Gasteiger partial charge in [-0.15, -0.1) is 11.3 Å². The summed E-state index contributed by atoms with van der Waals surface area (Å²) >= 11 is 7.10. The van der Waals surface area contributed by atoms with Gasteiger partial charge in [0.2, 0.25) is 0 Å². The first-order valence-electron chi connectivity index (χ1n) is 7.37. The summed E-state index contributed by atoms with van der Waals surface area (Å²) in [5.41, 5.74) is 0.902. The van der Waals surface area contributed by atoms with E-state index in [0.29, 0.717) is 11.7 Å². The van der Waals surface area contributed by atoms with Gasteiger partial charge in [-0.1, -0.05) is 12.1 Å². The highest BCUT2D eigenvalue weighted by Crippen LogP contribution is 2.40. The lowest BCUT2D eigenvalue weighted by Crippen LogP contribution is -2.35. The molecule has 0 saturated carbocycles. The van der Waals surface area contributed by atoms with Crippen LogP contribution in [0.25, 0.3) is 0 Å². The Morgan fingerprint density at radius 1 is 1.43 bits per heavy atom. The van der Waals surface area contributed by atoms with E-state index in [-0.39, 0.29) is 24.6 Å². The van der Waals surface area contributed by atoms with E-state index in [1.54, 1.807) is 24.5 Å². The molecule has 3 rings (SSSR count). The van der Waals surface area contributed by atoms with Gasteiger partial charge in [0.1, 0.15) is 6.54 Å². The van der Waals surface area contributed by atoms with Gasteiger partial charge in [-0.3, -0.25) is 9.78 Å². The summed E-state index contributed by atoms with van der Waals surface area (Å²) in [5.74, 6) is -0.278. The first kappa shape index (κ1) is 15.9. The van der Waals surface area contributed by atoms with E-state index >= 15 is 0 Å². The van der Waals surface area contributed by atoms with Crippen LogP contribution in [0.15, 0.2) is 41.9 Å². The number of rotatable bonds is 5. The molecule has 0 unspecified atom stereocenters. The predicted molar refractivity (Wildman–Crippen MR) is 93.1 cm³/mol. The molecule has 0 aliphatic carbocycles. The first-order chi connectivity index (χ1) is 11.2. The fourth-order valence-corrected chi connectivity index (χ4v) is 3.87. The fraction of sp³-hybridized carbons (Fsp3) is 0.312. The molecule has 2 atom stereocenters. The molecule has 0 aromatic carbocycles. The number of carbonyl (C=O) groups is 1. The van der Waals surface area contributed by atoms with Gasteiger partial charge >= 0.3 is 5.97 Å². The van der Waals surface area contributed by atoms with Crippen molar-refractivity contribution in [3.63, 3.8) is 0 Å². The molecule has 0 amide bonds. The van der Waals surface area contributed by atoms with Gasteiger partial charge in [-0.2, -0.15) is 0 Å². The summed E-state index contributed by atoms with van der Waals surface area (Å²) in [6.07, 6.45) is 1.76. The van der Waals surface area contributed by atoms with Crippen LogP contribution in [-0.4, -0.2) is 34.1 Å². The second-order valence-corrected chi connectivity index (χ2v) is 6.44. The van der Waals surface area contributed by atoms with Crippen LogP contribution in [0, 0.1) is 0 Å². The summed E-state index contributed by atoms with van der Waals surface area (Å²) in [7, 11) is 0. The molecular weight excluding hydrogens is 330 g/mol. The third-order valence-electron chi connectivity index (χ3n) is 3.64. The van der Waals surface area contributed by atoms with E-state index in [4.69, 9.17) is 17.0 Å². The molecule has 7 heteroatoms. The highest BCUT2D eigenvalue weighted by molar-refractivity contribution is 7.80. The number of aromatic nitrogens is 1. The van der Waals surface area contributed by atoms with Crippen LogP contribution < -0.4 is 5.32 Å². The van der Waals surface area contributed by atoms with Crippen LogP contribution in [0.2, 0.25) is 0 Å². The maximum absolute atomic E-state index is 11.9. The molecule has 0 radical (unpaired) electrons. The molecule has 1 aliphatic heterocycles. The number of hydrogen-bond donors (Lipinski definition) is 1. The van der Waals surface area contributed by atoms with Crippen LogP contribution in [0.4, 0.5) is 0 Å². The zero-order chi connectivity index (χ0) is 16.2. The summed E-state index contributed by atoms with van der Waals surface area (Å²) < 4.78 is 5.08. The number of hydrogen-bond acceptors (Lipinski definition) is 5. The Morgan fingerprint density at radius 2 is 2.30 bits per heavy atom. The lowest BCUT2D eigenvalue weighted by molar-refractivity contribution is -0.143. The Balaban J connectivity index is 1.92. The van der Waals surface area contributed by atoms with Crippen molar-refractivity contribution >= 4 is 34.6 Å². The Labute approximate surface area is 144 Å². The largest absolute Gasteiger partial charge is 0.465 e. The van der Waals surface area contributed by atoms with E-state index in [1.807, 2.05) is 34.5 Å². The third-order valence-corrected chi connectivity index (χ3v) is 4.93. The van der Waals surface area contributed by atoms with Crippen molar-refractivity contribution < 1.29 is 9.53 Å². The first-order valence-corrected chi connectivity index (χ1v) is 8.66. The van der Waals surface area contributed by atoms with E-state index in [2.05, 4.69) is 16.4 Å².